The Morgan fingerprint density at radius 1 is 1.42 bits per heavy atom. The van der Waals surface area contributed by atoms with Gasteiger partial charge in [-0.3, -0.25) is 9.36 Å². The van der Waals surface area contributed by atoms with Crippen molar-refractivity contribution in [2.75, 3.05) is 12.4 Å². The summed E-state index contributed by atoms with van der Waals surface area (Å²) in [5.74, 6) is 1.61. The minimum atomic E-state index is -0.347. The molecule has 0 radical (unpaired) electrons. The van der Waals surface area contributed by atoms with Crippen molar-refractivity contribution in [3.8, 4) is 11.4 Å². The summed E-state index contributed by atoms with van der Waals surface area (Å²) >= 11 is 1.34. The van der Waals surface area contributed by atoms with E-state index in [4.69, 9.17) is 9.26 Å². The van der Waals surface area contributed by atoms with Crippen LogP contribution in [0, 0.1) is 6.92 Å². The molecule has 8 nitrogen and oxygen atoms in total. The fourth-order valence-electron chi connectivity index (χ4n) is 2.32. The summed E-state index contributed by atoms with van der Waals surface area (Å²) < 4.78 is 12.1. The Balaban J connectivity index is 1.76. The molecule has 1 unspecified atom stereocenters. The second-order valence-corrected chi connectivity index (χ2v) is 6.68. The summed E-state index contributed by atoms with van der Waals surface area (Å²) in [5.41, 5.74) is 0.860. The minimum absolute atomic E-state index is 0.161. The molecule has 1 amide bonds. The lowest BCUT2D eigenvalue weighted by atomic mass is 10.3. The highest BCUT2D eigenvalue weighted by molar-refractivity contribution is 8.00. The van der Waals surface area contributed by atoms with Gasteiger partial charge in [-0.1, -0.05) is 29.9 Å². The first-order chi connectivity index (χ1) is 12.6. The summed E-state index contributed by atoms with van der Waals surface area (Å²) in [6, 6.07) is 9.23. The highest BCUT2D eigenvalue weighted by atomic mass is 32.2. The van der Waals surface area contributed by atoms with Crippen molar-refractivity contribution in [2.45, 2.75) is 30.7 Å². The normalized spacial score (nSPS) is 12.0. The molecule has 0 aliphatic heterocycles. The minimum Gasteiger partial charge on any atom is -0.497 e. The van der Waals surface area contributed by atoms with Crippen molar-refractivity contribution < 1.29 is 14.1 Å². The number of amides is 1. The number of nitrogens with one attached hydrogen (secondary N) is 1. The zero-order valence-corrected chi connectivity index (χ0v) is 15.5. The Bertz CT molecular complexity index is 892. The van der Waals surface area contributed by atoms with Crippen molar-refractivity contribution in [2.24, 2.45) is 0 Å². The number of nitrogens with zero attached hydrogens (tertiary/aromatic N) is 4. The van der Waals surface area contributed by atoms with Crippen LogP contribution in [0.2, 0.25) is 0 Å². The standard InChI is InChI=1S/C17H19N5O3S/c1-4-14(16(23)19-15-8-11(2)25-21-15)26-17-20-18-10-22(17)12-6-5-7-13(9-12)24-3/h5-10,14H,4H2,1-3H3,(H,19,21,23). The van der Waals surface area contributed by atoms with E-state index in [-0.39, 0.29) is 11.2 Å². The fourth-order valence-corrected chi connectivity index (χ4v) is 3.27. The molecular formula is C17H19N5O3S. The van der Waals surface area contributed by atoms with Crippen LogP contribution in [0.1, 0.15) is 19.1 Å². The van der Waals surface area contributed by atoms with Crippen molar-refractivity contribution in [3.63, 3.8) is 0 Å². The van der Waals surface area contributed by atoms with E-state index >= 15 is 0 Å². The number of methoxy groups -OCH3 is 1. The molecule has 0 fully saturated rings. The molecular weight excluding hydrogens is 354 g/mol. The van der Waals surface area contributed by atoms with Crippen LogP contribution < -0.4 is 10.1 Å². The summed E-state index contributed by atoms with van der Waals surface area (Å²) in [7, 11) is 1.62. The molecule has 0 aliphatic carbocycles. The average molecular weight is 373 g/mol. The van der Waals surface area contributed by atoms with Gasteiger partial charge in [0, 0.05) is 12.1 Å². The highest BCUT2D eigenvalue weighted by Crippen LogP contribution is 2.27. The second kappa shape index (κ2) is 8.05. The Kier molecular flexibility index (Phi) is 5.57. The molecule has 1 N–H and O–H groups in total. The van der Waals surface area contributed by atoms with Crippen LogP contribution in [-0.4, -0.2) is 38.2 Å². The van der Waals surface area contributed by atoms with Gasteiger partial charge in [0.2, 0.25) is 5.91 Å². The maximum absolute atomic E-state index is 12.5. The van der Waals surface area contributed by atoms with Crippen LogP contribution >= 0.6 is 11.8 Å². The number of carbonyl (C=O) groups is 1. The zero-order chi connectivity index (χ0) is 18.5. The first-order valence-corrected chi connectivity index (χ1v) is 8.94. The molecule has 1 aromatic carbocycles. The van der Waals surface area contributed by atoms with E-state index in [1.165, 1.54) is 11.8 Å². The van der Waals surface area contributed by atoms with Crippen molar-refractivity contribution >= 4 is 23.5 Å². The van der Waals surface area contributed by atoms with E-state index in [1.807, 2.05) is 35.8 Å². The molecule has 2 aromatic heterocycles. The predicted octanol–water partition coefficient (Wildman–Crippen LogP) is 3.08. The van der Waals surface area contributed by atoms with Crippen molar-refractivity contribution in [1.29, 1.82) is 0 Å². The third-order valence-corrected chi connectivity index (χ3v) is 4.96. The number of aryl methyl sites for hydroxylation is 1. The number of rotatable bonds is 7. The third kappa shape index (κ3) is 4.05. The zero-order valence-electron chi connectivity index (χ0n) is 14.7. The molecule has 2 heterocycles. The number of thioether (sulfide) groups is 1. The van der Waals surface area contributed by atoms with Gasteiger partial charge in [0.05, 0.1) is 18.0 Å². The maximum Gasteiger partial charge on any atom is 0.239 e. The van der Waals surface area contributed by atoms with E-state index < -0.39 is 0 Å². The lowest BCUT2D eigenvalue weighted by molar-refractivity contribution is -0.115. The maximum atomic E-state index is 12.5. The van der Waals surface area contributed by atoms with Crippen molar-refractivity contribution in [3.05, 3.63) is 42.4 Å². The van der Waals surface area contributed by atoms with Crippen LogP contribution in [0.25, 0.3) is 5.69 Å². The van der Waals surface area contributed by atoms with E-state index in [2.05, 4.69) is 20.7 Å². The Hall–Kier alpha value is -2.81. The molecule has 0 bridgehead atoms. The topological polar surface area (TPSA) is 95.1 Å². The molecule has 136 valence electrons. The molecule has 26 heavy (non-hydrogen) atoms. The van der Waals surface area contributed by atoms with Gasteiger partial charge in [-0.05, 0) is 25.5 Å². The van der Waals surface area contributed by atoms with Gasteiger partial charge in [0.15, 0.2) is 11.0 Å². The molecule has 9 heteroatoms. The fraction of sp³-hybridized carbons (Fsp3) is 0.294. The molecule has 0 spiro atoms. The number of ether oxygens (including phenoxy) is 1. The Labute approximate surface area is 154 Å². The van der Waals surface area contributed by atoms with Crippen LogP contribution in [0.3, 0.4) is 0 Å². The van der Waals surface area contributed by atoms with E-state index in [0.29, 0.717) is 23.2 Å². The Morgan fingerprint density at radius 3 is 2.96 bits per heavy atom. The number of hydrogen-bond donors (Lipinski definition) is 1. The SMILES string of the molecule is CCC(Sc1nncn1-c1cccc(OC)c1)C(=O)Nc1cc(C)on1. The van der Waals surface area contributed by atoms with Crippen LogP contribution in [0.5, 0.6) is 5.75 Å². The monoisotopic (exact) mass is 373 g/mol. The summed E-state index contributed by atoms with van der Waals surface area (Å²) in [5, 5.41) is 15.0. The van der Waals surface area contributed by atoms with Gasteiger partial charge in [-0.15, -0.1) is 10.2 Å². The van der Waals surface area contributed by atoms with Crippen LogP contribution in [-0.2, 0) is 4.79 Å². The lowest BCUT2D eigenvalue weighted by Crippen LogP contribution is -2.25. The molecule has 3 aromatic rings. The first-order valence-electron chi connectivity index (χ1n) is 8.06. The number of aromatic nitrogens is 4. The van der Waals surface area contributed by atoms with Crippen molar-refractivity contribution in [1.82, 2.24) is 19.9 Å². The smallest absolute Gasteiger partial charge is 0.239 e. The van der Waals surface area contributed by atoms with Gasteiger partial charge < -0.3 is 14.6 Å². The number of anilines is 1. The predicted molar refractivity (Wildman–Crippen MR) is 97.7 cm³/mol. The summed E-state index contributed by atoms with van der Waals surface area (Å²) in [6.45, 7) is 3.71. The molecule has 3 rings (SSSR count). The molecule has 0 saturated carbocycles. The van der Waals surface area contributed by atoms with E-state index in [1.54, 1.807) is 26.4 Å². The molecule has 0 aliphatic rings. The summed E-state index contributed by atoms with van der Waals surface area (Å²) in [6.07, 6.45) is 2.24. The van der Waals surface area contributed by atoms with Gasteiger partial charge in [-0.25, -0.2) is 0 Å². The van der Waals surface area contributed by atoms with Gasteiger partial charge in [0.25, 0.3) is 0 Å². The Morgan fingerprint density at radius 2 is 2.27 bits per heavy atom. The van der Waals surface area contributed by atoms with Crippen LogP contribution in [0.15, 0.2) is 46.3 Å². The largest absolute Gasteiger partial charge is 0.497 e. The average Bonchev–Trinajstić information content (AvgIpc) is 3.28. The third-order valence-electron chi connectivity index (χ3n) is 3.64. The van der Waals surface area contributed by atoms with Crippen LogP contribution in [0.4, 0.5) is 5.82 Å². The summed E-state index contributed by atoms with van der Waals surface area (Å²) in [4.78, 5) is 12.5. The molecule has 0 saturated heterocycles. The number of benzene rings is 1. The number of hydrogen-bond acceptors (Lipinski definition) is 7. The quantitative estimate of drug-likeness (QED) is 0.636. The highest BCUT2D eigenvalue weighted by Gasteiger charge is 2.22. The van der Waals surface area contributed by atoms with E-state index in [9.17, 15) is 4.79 Å². The number of carbonyl (C=O) groups excluding carboxylic acids is 1. The van der Waals surface area contributed by atoms with Gasteiger partial charge in [-0.2, -0.15) is 0 Å². The molecule has 1 atom stereocenters. The van der Waals surface area contributed by atoms with E-state index in [0.717, 1.165) is 11.4 Å². The lowest BCUT2D eigenvalue weighted by Gasteiger charge is -2.14. The second-order valence-electron chi connectivity index (χ2n) is 5.51. The van der Waals surface area contributed by atoms with Gasteiger partial charge >= 0.3 is 0 Å². The first kappa shape index (κ1) is 18.0. The van der Waals surface area contributed by atoms with Gasteiger partial charge in [0.1, 0.15) is 17.8 Å².